The van der Waals surface area contributed by atoms with Crippen LogP contribution in [-0.2, 0) is 13.0 Å². The Balaban J connectivity index is 2.10. The molecule has 2 aromatic rings. The molecule has 1 aliphatic carbocycles. The summed E-state index contributed by atoms with van der Waals surface area (Å²) >= 11 is 0. The molecule has 1 atom stereocenters. The number of aryl methyl sites for hydroxylation is 1. The molecule has 20 heavy (non-hydrogen) atoms. The third-order valence-electron chi connectivity index (χ3n) is 4.53. The highest BCUT2D eigenvalue weighted by Gasteiger charge is 2.45. The smallest absolute Gasteiger partial charge is 0.337 e. The van der Waals surface area contributed by atoms with Crippen molar-refractivity contribution in [3.63, 3.8) is 0 Å². The lowest BCUT2D eigenvalue weighted by Crippen LogP contribution is -2.07. The summed E-state index contributed by atoms with van der Waals surface area (Å²) in [6.45, 7) is 7.57. The highest BCUT2D eigenvalue weighted by atomic mass is 16.4. The van der Waals surface area contributed by atoms with E-state index in [4.69, 9.17) is 0 Å². The Morgan fingerprint density at radius 3 is 2.75 bits per heavy atom. The lowest BCUT2D eigenvalue weighted by molar-refractivity contribution is 0.0699. The van der Waals surface area contributed by atoms with E-state index in [1.54, 1.807) is 12.1 Å². The SMILES string of the molecule is CCc1nc2c(C(=O)O)cccc2n1CC1CC1(C)C. The third kappa shape index (κ3) is 1.99. The molecule has 1 aliphatic rings. The van der Waals surface area contributed by atoms with Crippen LogP contribution in [0.3, 0.4) is 0 Å². The van der Waals surface area contributed by atoms with Crippen LogP contribution >= 0.6 is 0 Å². The van der Waals surface area contributed by atoms with Crippen LogP contribution in [0.1, 0.15) is 43.4 Å². The van der Waals surface area contributed by atoms with Gasteiger partial charge in [-0.25, -0.2) is 9.78 Å². The molecule has 1 saturated carbocycles. The van der Waals surface area contributed by atoms with Crippen LogP contribution in [0, 0.1) is 11.3 Å². The molecule has 1 unspecified atom stereocenters. The lowest BCUT2D eigenvalue weighted by atomic mass is 10.1. The molecular formula is C16H20N2O2. The summed E-state index contributed by atoms with van der Waals surface area (Å²) in [5, 5.41) is 9.28. The zero-order chi connectivity index (χ0) is 14.5. The summed E-state index contributed by atoms with van der Waals surface area (Å²) < 4.78 is 2.21. The van der Waals surface area contributed by atoms with Gasteiger partial charge in [0.1, 0.15) is 11.3 Å². The van der Waals surface area contributed by atoms with Gasteiger partial charge in [0.2, 0.25) is 0 Å². The highest BCUT2D eigenvalue weighted by Crippen LogP contribution is 2.52. The van der Waals surface area contributed by atoms with E-state index < -0.39 is 5.97 Å². The third-order valence-corrected chi connectivity index (χ3v) is 4.53. The summed E-state index contributed by atoms with van der Waals surface area (Å²) in [5.74, 6) is 0.740. The molecular weight excluding hydrogens is 252 g/mol. The molecule has 4 nitrogen and oxygen atoms in total. The number of hydrogen-bond acceptors (Lipinski definition) is 2. The number of imidazole rings is 1. The van der Waals surface area contributed by atoms with Gasteiger partial charge in [-0.05, 0) is 29.9 Å². The van der Waals surface area contributed by atoms with Crippen molar-refractivity contribution in [2.24, 2.45) is 11.3 Å². The first-order valence-corrected chi connectivity index (χ1v) is 7.15. The number of carboxylic acid groups (broad SMARTS) is 1. The Morgan fingerprint density at radius 1 is 1.50 bits per heavy atom. The lowest BCUT2D eigenvalue weighted by Gasteiger charge is -2.09. The number of para-hydroxylation sites is 1. The van der Waals surface area contributed by atoms with E-state index in [0.717, 1.165) is 24.3 Å². The predicted molar refractivity (Wildman–Crippen MR) is 78.0 cm³/mol. The monoisotopic (exact) mass is 272 g/mol. The standard InChI is InChI=1S/C16H20N2O2/c1-4-13-17-14-11(15(19)20)6-5-7-12(14)18(13)9-10-8-16(10,2)3/h5-7,10H,4,8-9H2,1-3H3,(H,19,20). The second-order valence-corrected chi connectivity index (χ2v) is 6.36. The van der Waals surface area contributed by atoms with Crippen molar-refractivity contribution >= 4 is 17.0 Å². The molecule has 1 aromatic carbocycles. The second kappa shape index (κ2) is 4.33. The molecule has 106 valence electrons. The number of benzene rings is 1. The molecule has 1 N–H and O–H groups in total. The first-order valence-electron chi connectivity index (χ1n) is 7.15. The summed E-state index contributed by atoms with van der Waals surface area (Å²) in [5.41, 5.74) is 2.28. The Kier molecular flexibility index (Phi) is 2.85. The average Bonchev–Trinajstić information content (AvgIpc) is 2.83. The highest BCUT2D eigenvalue weighted by molar-refractivity contribution is 6.01. The van der Waals surface area contributed by atoms with Crippen LogP contribution in [0.4, 0.5) is 0 Å². The van der Waals surface area contributed by atoms with E-state index in [2.05, 4.69) is 30.3 Å². The van der Waals surface area contributed by atoms with Crippen molar-refractivity contribution < 1.29 is 9.90 Å². The quantitative estimate of drug-likeness (QED) is 0.928. The van der Waals surface area contributed by atoms with E-state index in [9.17, 15) is 9.90 Å². The second-order valence-electron chi connectivity index (χ2n) is 6.36. The molecule has 0 bridgehead atoms. The number of hydrogen-bond donors (Lipinski definition) is 1. The van der Waals surface area contributed by atoms with Crippen molar-refractivity contribution in [1.29, 1.82) is 0 Å². The minimum atomic E-state index is -0.908. The van der Waals surface area contributed by atoms with E-state index in [0.29, 0.717) is 22.4 Å². The molecule has 1 heterocycles. The Morgan fingerprint density at radius 2 is 2.20 bits per heavy atom. The van der Waals surface area contributed by atoms with Gasteiger partial charge in [-0.2, -0.15) is 0 Å². The summed E-state index contributed by atoms with van der Waals surface area (Å²) in [4.78, 5) is 15.9. The van der Waals surface area contributed by atoms with Crippen LogP contribution in [-0.4, -0.2) is 20.6 Å². The van der Waals surface area contributed by atoms with Gasteiger partial charge in [-0.3, -0.25) is 0 Å². The van der Waals surface area contributed by atoms with Gasteiger partial charge in [-0.15, -0.1) is 0 Å². The van der Waals surface area contributed by atoms with Gasteiger partial charge in [0, 0.05) is 13.0 Å². The summed E-state index contributed by atoms with van der Waals surface area (Å²) in [6, 6.07) is 5.41. The van der Waals surface area contributed by atoms with Crippen molar-refractivity contribution in [3.8, 4) is 0 Å². The van der Waals surface area contributed by atoms with E-state index >= 15 is 0 Å². The molecule has 0 saturated heterocycles. The summed E-state index contributed by atoms with van der Waals surface area (Å²) in [7, 11) is 0. The predicted octanol–water partition coefficient (Wildman–Crippen LogP) is 3.34. The molecule has 0 amide bonds. The van der Waals surface area contributed by atoms with Crippen LogP contribution in [0.2, 0.25) is 0 Å². The topological polar surface area (TPSA) is 55.1 Å². The number of aromatic nitrogens is 2. The maximum Gasteiger partial charge on any atom is 0.337 e. The minimum absolute atomic E-state index is 0.297. The van der Waals surface area contributed by atoms with Gasteiger partial charge in [-0.1, -0.05) is 26.8 Å². The molecule has 1 aromatic heterocycles. The first-order chi connectivity index (χ1) is 9.44. The normalized spacial score (nSPS) is 20.2. The van der Waals surface area contributed by atoms with Gasteiger partial charge in [0.25, 0.3) is 0 Å². The molecule has 0 spiro atoms. The van der Waals surface area contributed by atoms with Crippen molar-refractivity contribution in [2.75, 3.05) is 0 Å². The molecule has 3 rings (SSSR count). The van der Waals surface area contributed by atoms with E-state index in [1.165, 1.54) is 6.42 Å². The summed E-state index contributed by atoms with van der Waals surface area (Å²) in [6.07, 6.45) is 2.05. The fraction of sp³-hybridized carbons (Fsp3) is 0.500. The maximum atomic E-state index is 11.3. The van der Waals surface area contributed by atoms with E-state index in [1.807, 2.05) is 6.07 Å². The van der Waals surface area contributed by atoms with Crippen molar-refractivity contribution in [3.05, 3.63) is 29.6 Å². The Hall–Kier alpha value is -1.84. The number of aromatic carboxylic acids is 1. The number of carboxylic acids is 1. The van der Waals surface area contributed by atoms with Gasteiger partial charge in [0.15, 0.2) is 0 Å². The molecule has 4 heteroatoms. The minimum Gasteiger partial charge on any atom is -0.478 e. The first kappa shape index (κ1) is 13.2. The molecule has 0 radical (unpaired) electrons. The number of rotatable bonds is 4. The zero-order valence-electron chi connectivity index (χ0n) is 12.2. The fourth-order valence-electron chi connectivity index (χ4n) is 2.95. The zero-order valence-corrected chi connectivity index (χ0v) is 12.2. The van der Waals surface area contributed by atoms with Gasteiger partial charge >= 0.3 is 5.97 Å². The Bertz CT molecular complexity index is 685. The van der Waals surface area contributed by atoms with Crippen molar-refractivity contribution in [1.82, 2.24) is 9.55 Å². The molecule has 0 aliphatic heterocycles. The fourth-order valence-corrected chi connectivity index (χ4v) is 2.95. The van der Waals surface area contributed by atoms with Crippen LogP contribution < -0.4 is 0 Å². The molecule has 1 fully saturated rings. The average molecular weight is 272 g/mol. The van der Waals surface area contributed by atoms with Gasteiger partial charge < -0.3 is 9.67 Å². The van der Waals surface area contributed by atoms with Crippen LogP contribution in [0.5, 0.6) is 0 Å². The van der Waals surface area contributed by atoms with Gasteiger partial charge in [0.05, 0.1) is 11.1 Å². The number of fused-ring (bicyclic) bond motifs is 1. The maximum absolute atomic E-state index is 11.3. The number of nitrogens with zero attached hydrogens (tertiary/aromatic N) is 2. The van der Waals surface area contributed by atoms with Crippen molar-refractivity contribution in [2.45, 2.75) is 40.2 Å². The van der Waals surface area contributed by atoms with Crippen LogP contribution in [0.15, 0.2) is 18.2 Å². The number of carbonyl (C=O) groups is 1. The van der Waals surface area contributed by atoms with Crippen LogP contribution in [0.25, 0.3) is 11.0 Å². The van der Waals surface area contributed by atoms with E-state index in [-0.39, 0.29) is 0 Å². The Labute approximate surface area is 118 Å². The largest absolute Gasteiger partial charge is 0.478 e.